The van der Waals surface area contributed by atoms with Gasteiger partial charge in [0, 0.05) is 54.9 Å². The zero-order valence-electron chi connectivity index (χ0n) is 17.7. The largest absolute Gasteiger partial charge is 0.346 e. The summed E-state index contributed by atoms with van der Waals surface area (Å²) in [5, 5.41) is 3.95. The summed E-state index contributed by atoms with van der Waals surface area (Å²) in [7, 11) is 0. The number of nitrogens with one attached hydrogen (secondary N) is 1. The fourth-order valence-electron chi connectivity index (χ4n) is 4.02. The van der Waals surface area contributed by atoms with E-state index in [9.17, 15) is 9.59 Å². The molecular formula is C23H24BrN5O2. The molecule has 2 amide bonds. The van der Waals surface area contributed by atoms with E-state index < -0.39 is 0 Å². The van der Waals surface area contributed by atoms with Gasteiger partial charge in [0.1, 0.15) is 5.69 Å². The van der Waals surface area contributed by atoms with Crippen molar-refractivity contribution in [3.05, 3.63) is 63.8 Å². The lowest BCUT2D eigenvalue weighted by atomic mass is 9.92. The molecule has 1 aliphatic rings. The van der Waals surface area contributed by atoms with E-state index in [-0.39, 0.29) is 23.8 Å². The van der Waals surface area contributed by atoms with Gasteiger partial charge in [-0.25, -0.2) is 4.98 Å². The molecule has 4 heterocycles. The van der Waals surface area contributed by atoms with Crippen LogP contribution in [0.5, 0.6) is 0 Å². The average molecular weight is 482 g/mol. The SMILES string of the molecule is Cc1cncc(C)c1C(=O)N1CCC(C)C(NC(=O)c2ccc3cncc(Br)c3n2)C1. The Kier molecular flexibility index (Phi) is 6.00. The molecule has 3 aromatic heterocycles. The first-order valence-electron chi connectivity index (χ1n) is 10.3. The Bertz CT molecular complexity index is 1150. The molecule has 7 nitrogen and oxygen atoms in total. The molecule has 0 bridgehead atoms. The molecule has 2 unspecified atom stereocenters. The van der Waals surface area contributed by atoms with Gasteiger partial charge in [-0.1, -0.05) is 6.92 Å². The van der Waals surface area contributed by atoms with Gasteiger partial charge in [-0.15, -0.1) is 0 Å². The lowest BCUT2D eigenvalue weighted by molar-refractivity contribution is 0.0622. The van der Waals surface area contributed by atoms with Crippen LogP contribution in [0, 0.1) is 19.8 Å². The molecule has 0 spiro atoms. The van der Waals surface area contributed by atoms with Crippen LogP contribution in [0.15, 0.2) is 41.4 Å². The quantitative estimate of drug-likeness (QED) is 0.616. The van der Waals surface area contributed by atoms with Crippen molar-refractivity contribution in [2.75, 3.05) is 13.1 Å². The maximum absolute atomic E-state index is 13.2. The van der Waals surface area contributed by atoms with Crippen molar-refractivity contribution in [2.45, 2.75) is 33.2 Å². The summed E-state index contributed by atoms with van der Waals surface area (Å²) in [6, 6.07) is 3.39. The molecule has 0 aromatic carbocycles. The number of carbonyl (C=O) groups is 2. The molecular weight excluding hydrogens is 458 g/mol. The predicted octanol–water partition coefficient (Wildman–Crippen LogP) is 3.68. The second kappa shape index (κ2) is 8.70. The highest BCUT2D eigenvalue weighted by Crippen LogP contribution is 2.23. The summed E-state index contributed by atoms with van der Waals surface area (Å²) >= 11 is 3.44. The topological polar surface area (TPSA) is 88.1 Å². The van der Waals surface area contributed by atoms with Crippen molar-refractivity contribution in [1.29, 1.82) is 0 Å². The van der Waals surface area contributed by atoms with Crippen molar-refractivity contribution < 1.29 is 9.59 Å². The smallest absolute Gasteiger partial charge is 0.270 e. The van der Waals surface area contributed by atoms with Crippen LogP contribution in [-0.2, 0) is 0 Å². The Morgan fingerprint density at radius 1 is 1.10 bits per heavy atom. The lowest BCUT2D eigenvalue weighted by Gasteiger charge is -2.37. The number of aryl methyl sites for hydroxylation is 2. The molecule has 3 aromatic rings. The number of fused-ring (bicyclic) bond motifs is 1. The number of hydrogen-bond donors (Lipinski definition) is 1. The van der Waals surface area contributed by atoms with Crippen LogP contribution in [0.25, 0.3) is 10.9 Å². The molecule has 1 N–H and O–H groups in total. The van der Waals surface area contributed by atoms with Crippen LogP contribution in [0.4, 0.5) is 0 Å². The molecule has 4 rings (SSSR count). The fraction of sp³-hybridized carbons (Fsp3) is 0.348. The number of amides is 2. The molecule has 1 saturated heterocycles. The number of likely N-dealkylation sites (tertiary alicyclic amines) is 1. The number of aromatic nitrogens is 3. The minimum Gasteiger partial charge on any atom is -0.346 e. The highest BCUT2D eigenvalue weighted by Gasteiger charge is 2.31. The van der Waals surface area contributed by atoms with Crippen molar-refractivity contribution in [2.24, 2.45) is 5.92 Å². The van der Waals surface area contributed by atoms with Crippen molar-refractivity contribution in [1.82, 2.24) is 25.2 Å². The third-order valence-electron chi connectivity index (χ3n) is 5.89. The Morgan fingerprint density at radius 2 is 1.81 bits per heavy atom. The van der Waals surface area contributed by atoms with Gasteiger partial charge in [-0.3, -0.25) is 19.6 Å². The molecule has 0 radical (unpaired) electrons. The first kappa shape index (κ1) is 21.4. The van der Waals surface area contributed by atoms with Gasteiger partial charge < -0.3 is 10.2 Å². The first-order valence-corrected chi connectivity index (χ1v) is 11.1. The summed E-state index contributed by atoms with van der Waals surface area (Å²) < 4.78 is 0.741. The second-order valence-electron chi connectivity index (χ2n) is 8.13. The maximum Gasteiger partial charge on any atom is 0.270 e. The molecule has 31 heavy (non-hydrogen) atoms. The molecule has 160 valence electrons. The van der Waals surface area contributed by atoms with Crippen LogP contribution in [-0.4, -0.2) is 50.8 Å². The average Bonchev–Trinajstić information content (AvgIpc) is 2.75. The molecule has 1 fully saturated rings. The Hall–Kier alpha value is -2.87. The van der Waals surface area contributed by atoms with Gasteiger partial charge in [0.05, 0.1) is 9.99 Å². The van der Waals surface area contributed by atoms with E-state index in [1.807, 2.05) is 24.8 Å². The van der Waals surface area contributed by atoms with E-state index in [0.717, 1.165) is 27.4 Å². The molecule has 0 saturated carbocycles. The fourth-order valence-corrected chi connectivity index (χ4v) is 4.45. The standard InChI is InChI=1S/C23H24BrN5O2/c1-13-6-7-29(23(31)20-14(2)8-25-9-15(20)3)12-19(13)28-22(30)18-5-4-16-10-26-11-17(24)21(16)27-18/h4-5,8-11,13,19H,6-7,12H2,1-3H3,(H,28,30). The third kappa shape index (κ3) is 4.30. The zero-order valence-corrected chi connectivity index (χ0v) is 19.3. The lowest BCUT2D eigenvalue weighted by Crippen LogP contribution is -2.53. The number of piperidine rings is 1. The normalized spacial score (nSPS) is 18.8. The summed E-state index contributed by atoms with van der Waals surface area (Å²) in [5.41, 5.74) is 3.47. The summed E-state index contributed by atoms with van der Waals surface area (Å²) in [4.78, 5) is 40.8. The van der Waals surface area contributed by atoms with Crippen molar-refractivity contribution in [3.8, 4) is 0 Å². The molecule has 8 heteroatoms. The van der Waals surface area contributed by atoms with Gasteiger partial charge in [0.25, 0.3) is 11.8 Å². The van der Waals surface area contributed by atoms with Crippen LogP contribution >= 0.6 is 15.9 Å². The number of hydrogen-bond acceptors (Lipinski definition) is 5. The third-order valence-corrected chi connectivity index (χ3v) is 6.47. The van der Waals surface area contributed by atoms with Gasteiger partial charge in [0.2, 0.25) is 0 Å². The second-order valence-corrected chi connectivity index (χ2v) is 8.99. The predicted molar refractivity (Wildman–Crippen MR) is 122 cm³/mol. The van der Waals surface area contributed by atoms with E-state index in [2.05, 4.69) is 43.1 Å². The summed E-state index contributed by atoms with van der Waals surface area (Å²) in [6.45, 7) is 7.04. The molecule has 1 aliphatic heterocycles. The summed E-state index contributed by atoms with van der Waals surface area (Å²) in [6.07, 6.45) is 7.62. The monoisotopic (exact) mass is 481 g/mol. The van der Waals surface area contributed by atoms with Gasteiger partial charge in [0.15, 0.2) is 0 Å². The summed E-state index contributed by atoms with van der Waals surface area (Å²) in [5.74, 6) is 0.000805. The van der Waals surface area contributed by atoms with Crippen LogP contribution < -0.4 is 5.32 Å². The number of nitrogens with zero attached hydrogens (tertiary/aromatic N) is 4. The van der Waals surface area contributed by atoms with Crippen molar-refractivity contribution in [3.63, 3.8) is 0 Å². The van der Waals surface area contributed by atoms with E-state index >= 15 is 0 Å². The zero-order chi connectivity index (χ0) is 22.1. The number of carbonyl (C=O) groups excluding carboxylic acids is 2. The number of halogens is 1. The number of rotatable bonds is 3. The van der Waals surface area contributed by atoms with E-state index in [4.69, 9.17) is 0 Å². The molecule has 2 atom stereocenters. The minimum atomic E-state index is -0.243. The highest BCUT2D eigenvalue weighted by molar-refractivity contribution is 9.10. The highest BCUT2D eigenvalue weighted by atomic mass is 79.9. The van der Waals surface area contributed by atoms with Crippen molar-refractivity contribution >= 4 is 38.6 Å². The van der Waals surface area contributed by atoms with Crippen LogP contribution in [0.1, 0.15) is 45.3 Å². The maximum atomic E-state index is 13.2. The van der Waals surface area contributed by atoms with Crippen LogP contribution in [0.3, 0.4) is 0 Å². The van der Waals surface area contributed by atoms with E-state index in [0.29, 0.717) is 29.9 Å². The van der Waals surface area contributed by atoms with Gasteiger partial charge >= 0.3 is 0 Å². The first-order chi connectivity index (χ1) is 14.8. The van der Waals surface area contributed by atoms with E-state index in [1.54, 1.807) is 30.9 Å². The minimum absolute atomic E-state index is 0.0104. The number of pyridine rings is 3. The van der Waals surface area contributed by atoms with Crippen LogP contribution in [0.2, 0.25) is 0 Å². The van der Waals surface area contributed by atoms with E-state index in [1.165, 1.54) is 0 Å². The molecule has 0 aliphatic carbocycles. The Labute approximate surface area is 189 Å². The Morgan fingerprint density at radius 3 is 2.55 bits per heavy atom. The van der Waals surface area contributed by atoms with Gasteiger partial charge in [-0.2, -0.15) is 0 Å². The van der Waals surface area contributed by atoms with Gasteiger partial charge in [-0.05, 0) is 65.4 Å². The Balaban J connectivity index is 1.52.